The summed E-state index contributed by atoms with van der Waals surface area (Å²) < 4.78 is 27.5. The molecule has 0 bridgehead atoms. The van der Waals surface area contributed by atoms with Gasteiger partial charge in [-0.05, 0) is 30.3 Å². The number of anilines is 1. The largest absolute Gasteiger partial charge is 0.506 e. The smallest absolute Gasteiger partial charge is 0.261 e. The van der Waals surface area contributed by atoms with Crippen molar-refractivity contribution in [3.05, 3.63) is 52.7 Å². The van der Waals surface area contributed by atoms with Gasteiger partial charge in [-0.25, -0.2) is 8.42 Å². The van der Waals surface area contributed by atoms with Gasteiger partial charge in [0.25, 0.3) is 21.8 Å². The van der Waals surface area contributed by atoms with Gasteiger partial charge in [0.15, 0.2) is 0 Å². The van der Waals surface area contributed by atoms with Crippen molar-refractivity contribution in [3.8, 4) is 5.75 Å². The van der Waals surface area contributed by atoms with Crippen LogP contribution in [0.1, 0.15) is 20.7 Å². The number of aromatic amines is 1. The minimum atomic E-state index is -4.15. The van der Waals surface area contributed by atoms with E-state index < -0.39 is 33.2 Å². The maximum atomic E-state index is 12.6. The number of primary amides is 2. The first-order valence-corrected chi connectivity index (χ1v) is 9.22. The van der Waals surface area contributed by atoms with Crippen molar-refractivity contribution < 1.29 is 23.1 Å². The Bertz CT molecular complexity index is 1200. The number of fused-ring (bicyclic) bond motifs is 1. The van der Waals surface area contributed by atoms with Crippen LogP contribution in [-0.2, 0) is 10.0 Å². The molecule has 1 heterocycles. The Labute approximate surface area is 158 Å². The summed E-state index contributed by atoms with van der Waals surface area (Å²) in [5, 5.41) is 9.92. The number of nitrogens with one attached hydrogen (secondary N) is 2. The van der Waals surface area contributed by atoms with E-state index in [0.29, 0.717) is 10.9 Å². The molecule has 7 N–H and O–H groups in total. The lowest BCUT2D eigenvalue weighted by Crippen LogP contribution is -2.16. The molecule has 0 spiro atoms. The van der Waals surface area contributed by atoms with Gasteiger partial charge in [-0.1, -0.05) is 11.6 Å². The van der Waals surface area contributed by atoms with E-state index in [9.17, 15) is 23.1 Å². The number of carbonyl (C=O) groups is 2. The van der Waals surface area contributed by atoms with Crippen LogP contribution >= 0.6 is 11.6 Å². The van der Waals surface area contributed by atoms with Crippen LogP contribution in [-0.4, -0.2) is 30.3 Å². The van der Waals surface area contributed by atoms with Gasteiger partial charge in [-0.15, -0.1) is 0 Å². The molecule has 0 aliphatic heterocycles. The summed E-state index contributed by atoms with van der Waals surface area (Å²) in [5.74, 6) is -2.25. The molecule has 0 unspecified atom stereocenters. The maximum absolute atomic E-state index is 12.6. The maximum Gasteiger partial charge on any atom is 0.261 e. The summed E-state index contributed by atoms with van der Waals surface area (Å²) in [5.41, 5.74) is 10.9. The standard InChI is InChI=1S/C16H13ClN4O5S/c17-12-5-8(4-10(14(12)22)15(18)23)27(25,26)21-7-1-2-9-11(16(19)24)6-20-13(9)3-7/h1-6,20-22H,(H2,18,23)(H2,19,24). The lowest BCUT2D eigenvalue weighted by Gasteiger charge is -2.11. The zero-order chi connectivity index (χ0) is 19.9. The quantitative estimate of drug-likeness (QED) is 0.430. The summed E-state index contributed by atoms with van der Waals surface area (Å²) in [4.78, 5) is 25.2. The second kappa shape index (κ2) is 6.49. The SMILES string of the molecule is NC(=O)c1cc(S(=O)(=O)Nc2ccc3c(C(N)=O)c[nH]c3c2)cc(Cl)c1O. The van der Waals surface area contributed by atoms with Crippen LogP contribution in [0.25, 0.3) is 10.9 Å². The summed E-state index contributed by atoms with van der Waals surface area (Å²) in [7, 11) is -4.15. The van der Waals surface area contributed by atoms with Gasteiger partial charge in [0.1, 0.15) is 5.75 Å². The van der Waals surface area contributed by atoms with Gasteiger partial charge in [0.2, 0.25) is 0 Å². The summed E-state index contributed by atoms with van der Waals surface area (Å²) >= 11 is 5.78. The summed E-state index contributed by atoms with van der Waals surface area (Å²) in [6.45, 7) is 0. The van der Waals surface area contributed by atoms with Gasteiger partial charge < -0.3 is 21.6 Å². The van der Waals surface area contributed by atoms with Crippen LogP contribution in [0.2, 0.25) is 5.02 Å². The van der Waals surface area contributed by atoms with E-state index >= 15 is 0 Å². The molecule has 0 aliphatic carbocycles. The number of hydrogen-bond acceptors (Lipinski definition) is 5. The molecule has 3 aromatic rings. The van der Waals surface area contributed by atoms with Crippen molar-refractivity contribution in [1.29, 1.82) is 0 Å². The van der Waals surface area contributed by atoms with Gasteiger partial charge in [-0.2, -0.15) is 0 Å². The van der Waals surface area contributed by atoms with Crippen molar-refractivity contribution in [2.24, 2.45) is 11.5 Å². The number of sulfonamides is 1. The van der Waals surface area contributed by atoms with E-state index in [1.165, 1.54) is 24.4 Å². The van der Waals surface area contributed by atoms with Crippen molar-refractivity contribution in [2.45, 2.75) is 4.90 Å². The second-order valence-electron chi connectivity index (χ2n) is 5.60. The molecule has 2 amide bonds. The van der Waals surface area contributed by atoms with Gasteiger partial charge in [0.05, 0.1) is 26.7 Å². The third-order valence-electron chi connectivity index (χ3n) is 3.81. The van der Waals surface area contributed by atoms with Crippen LogP contribution in [0, 0.1) is 0 Å². The van der Waals surface area contributed by atoms with Crippen LogP contribution in [0.5, 0.6) is 5.75 Å². The predicted octanol–water partition coefficient (Wildman–Crippen LogP) is 1.53. The van der Waals surface area contributed by atoms with Crippen LogP contribution in [0.4, 0.5) is 5.69 Å². The molecular formula is C16H13ClN4O5S. The van der Waals surface area contributed by atoms with E-state index in [0.717, 1.165) is 12.1 Å². The molecule has 0 radical (unpaired) electrons. The monoisotopic (exact) mass is 408 g/mol. The fraction of sp³-hybridized carbons (Fsp3) is 0. The third-order valence-corrected chi connectivity index (χ3v) is 5.46. The molecular weight excluding hydrogens is 396 g/mol. The Hall–Kier alpha value is -3.24. The van der Waals surface area contributed by atoms with Crippen molar-refractivity contribution in [1.82, 2.24) is 4.98 Å². The van der Waals surface area contributed by atoms with Gasteiger partial charge in [0, 0.05) is 17.1 Å². The van der Waals surface area contributed by atoms with E-state index in [4.69, 9.17) is 23.1 Å². The number of halogens is 1. The molecule has 0 atom stereocenters. The van der Waals surface area contributed by atoms with Crippen molar-refractivity contribution in [3.63, 3.8) is 0 Å². The van der Waals surface area contributed by atoms with Gasteiger partial charge in [-0.3, -0.25) is 14.3 Å². The van der Waals surface area contributed by atoms with Crippen molar-refractivity contribution >= 4 is 50.0 Å². The molecule has 0 saturated carbocycles. The molecule has 2 aromatic carbocycles. The highest BCUT2D eigenvalue weighted by Crippen LogP contribution is 2.31. The average Bonchev–Trinajstić information content (AvgIpc) is 2.99. The number of carbonyl (C=O) groups excluding carboxylic acids is 2. The number of nitrogens with two attached hydrogens (primary N) is 2. The molecule has 0 aliphatic rings. The lowest BCUT2D eigenvalue weighted by molar-refractivity contribution is 0.0990. The van der Waals surface area contributed by atoms with Crippen LogP contribution in [0.15, 0.2) is 41.4 Å². The minimum Gasteiger partial charge on any atom is -0.506 e. The first-order chi connectivity index (χ1) is 12.6. The van der Waals surface area contributed by atoms with E-state index in [1.54, 1.807) is 0 Å². The zero-order valence-electron chi connectivity index (χ0n) is 13.5. The Kier molecular flexibility index (Phi) is 4.46. The second-order valence-corrected chi connectivity index (χ2v) is 7.69. The Morgan fingerprint density at radius 2 is 1.74 bits per heavy atom. The first-order valence-electron chi connectivity index (χ1n) is 7.36. The number of H-pyrrole nitrogens is 1. The topological polar surface area (TPSA) is 168 Å². The predicted molar refractivity (Wildman–Crippen MR) is 99.3 cm³/mol. The zero-order valence-corrected chi connectivity index (χ0v) is 15.1. The molecule has 140 valence electrons. The van der Waals surface area contributed by atoms with E-state index in [1.807, 2.05) is 0 Å². The highest BCUT2D eigenvalue weighted by Gasteiger charge is 2.21. The number of hydrogen-bond donors (Lipinski definition) is 5. The minimum absolute atomic E-state index is 0.185. The number of rotatable bonds is 5. The number of benzene rings is 2. The highest BCUT2D eigenvalue weighted by atomic mass is 35.5. The van der Waals surface area contributed by atoms with Gasteiger partial charge >= 0.3 is 0 Å². The highest BCUT2D eigenvalue weighted by molar-refractivity contribution is 7.92. The van der Waals surface area contributed by atoms with Crippen LogP contribution < -0.4 is 16.2 Å². The van der Waals surface area contributed by atoms with Crippen LogP contribution in [0.3, 0.4) is 0 Å². The first kappa shape index (κ1) is 18.5. The molecule has 0 saturated heterocycles. The number of aromatic hydroxyl groups is 1. The number of aromatic nitrogens is 1. The average molecular weight is 409 g/mol. The normalized spacial score (nSPS) is 11.4. The third kappa shape index (κ3) is 3.39. The Balaban J connectivity index is 2.01. The molecule has 11 heteroatoms. The Morgan fingerprint density at radius 3 is 2.37 bits per heavy atom. The molecule has 9 nitrogen and oxygen atoms in total. The molecule has 27 heavy (non-hydrogen) atoms. The summed E-state index contributed by atoms with van der Waals surface area (Å²) in [6.07, 6.45) is 1.42. The Morgan fingerprint density at radius 1 is 1.07 bits per heavy atom. The summed E-state index contributed by atoms with van der Waals surface area (Å²) in [6, 6.07) is 6.35. The molecule has 1 aromatic heterocycles. The van der Waals surface area contributed by atoms with Crippen molar-refractivity contribution in [2.75, 3.05) is 4.72 Å². The lowest BCUT2D eigenvalue weighted by atomic mass is 10.1. The fourth-order valence-electron chi connectivity index (χ4n) is 2.52. The van der Waals surface area contributed by atoms with E-state index in [2.05, 4.69) is 9.71 Å². The van der Waals surface area contributed by atoms with E-state index in [-0.39, 0.29) is 21.2 Å². The number of amides is 2. The molecule has 0 fully saturated rings. The number of phenols is 1. The fourth-order valence-corrected chi connectivity index (χ4v) is 3.91. The molecule has 3 rings (SSSR count).